The standard InChI is InChI=1S/C16H18N2O3/c1-11(14-4-2-3-5-15(14)19)18-12-6-8-13(9-7-12)21-10-16(17)20/h2-9,11,18-19H,10H2,1H3,(H2,17,20). The summed E-state index contributed by atoms with van der Waals surface area (Å²) in [5.41, 5.74) is 6.73. The highest BCUT2D eigenvalue weighted by Crippen LogP contribution is 2.27. The summed E-state index contributed by atoms with van der Waals surface area (Å²) < 4.78 is 5.19. The summed E-state index contributed by atoms with van der Waals surface area (Å²) >= 11 is 0. The molecule has 0 fully saturated rings. The third kappa shape index (κ3) is 4.14. The zero-order valence-electron chi connectivity index (χ0n) is 11.7. The summed E-state index contributed by atoms with van der Waals surface area (Å²) in [6, 6.07) is 14.4. The molecule has 0 aliphatic carbocycles. The fourth-order valence-electron chi connectivity index (χ4n) is 1.98. The second-order valence-corrected chi connectivity index (χ2v) is 4.70. The van der Waals surface area contributed by atoms with E-state index in [1.807, 2.05) is 31.2 Å². The fraction of sp³-hybridized carbons (Fsp3) is 0.188. The van der Waals surface area contributed by atoms with Crippen molar-refractivity contribution in [2.45, 2.75) is 13.0 Å². The number of nitrogens with one attached hydrogen (secondary N) is 1. The second-order valence-electron chi connectivity index (χ2n) is 4.70. The number of benzene rings is 2. The molecule has 1 unspecified atom stereocenters. The Kier molecular flexibility index (Phi) is 4.66. The van der Waals surface area contributed by atoms with Crippen molar-refractivity contribution in [1.82, 2.24) is 0 Å². The predicted octanol–water partition coefficient (Wildman–Crippen LogP) is 2.43. The Bertz CT molecular complexity index is 611. The van der Waals surface area contributed by atoms with Gasteiger partial charge in [-0.2, -0.15) is 0 Å². The summed E-state index contributed by atoms with van der Waals surface area (Å²) in [6.07, 6.45) is 0. The minimum atomic E-state index is -0.509. The Morgan fingerprint density at radius 2 is 1.90 bits per heavy atom. The van der Waals surface area contributed by atoms with Crippen LogP contribution in [0.15, 0.2) is 48.5 Å². The first-order valence-electron chi connectivity index (χ1n) is 6.62. The van der Waals surface area contributed by atoms with Gasteiger partial charge in [0, 0.05) is 11.3 Å². The van der Waals surface area contributed by atoms with Gasteiger partial charge in [0.2, 0.25) is 0 Å². The Balaban J connectivity index is 2.00. The fourth-order valence-corrected chi connectivity index (χ4v) is 1.98. The van der Waals surface area contributed by atoms with Gasteiger partial charge in [-0.05, 0) is 37.3 Å². The average molecular weight is 286 g/mol. The maximum absolute atomic E-state index is 10.6. The first-order chi connectivity index (χ1) is 10.1. The Hall–Kier alpha value is -2.69. The van der Waals surface area contributed by atoms with E-state index in [9.17, 15) is 9.90 Å². The van der Waals surface area contributed by atoms with E-state index in [1.165, 1.54) is 0 Å². The van der Waals surface area contributed by atoms with E-state index in [-0.39, 0.29) is 18.4 Å². The minimum Gasteiger partial charge on any atom is -0.508 e. The third-order valence-corrected chi connectivity index (χ3v) is 3.02. The van der Waals surface area contributed by atoms with Crippen molar-refractivity contribution in [3.8, 4) is 11.5 Å². The van der Waals surface area contributed by atoms with Crippen molar-refractivity contribution in [3.63, 3.8) is 0 Å². The number of carbonyl (C=O) groups is 1. The zero-order valence-corrected chi connectivity index (χ0v) is 11.7. The van der Waals surface area contributed by atoms with Crippen LogP contribution in [0.1, 0.15) is 18.5 Å². The Labute approximate surface area is 123 Å². The number of anilines is 1. The highest BCUT2D eigenvalue weighted by atomic mass is 16.5. The molecule has 0 aliphatic heterocycles. The number of rotatable bonds is 6. The lowest BCUT2D eigenvalue weighted by Gasteiger charge is -2.17. The van der Waals surface area contributed by atoms with Crippen molar-refractivity contribution < 1.29 is 14.6 Å². The van der Waals surface area contributed by atoms with Gasteiger partial charge in [0.25, 0.3) is 5.91 Å². The summed E-state index contributed by atoms with van der Waals surface area (Å²) in [6.45, 7) is 1.83. The predicted molar refractivity (Wildman–Crippen MR) is 81.3 cm³/mol. The molecule has 0 radical (unpaired) electrons. The molecule has 0 aliphatic rings. The quantitative estimate of drug-likeness (QED) is 0.761. The molecule has 0 bridgehead atoms. The van der Waals surface area contributed by atoms with Crippen molar-refractivity contribution in [2.75, 3.05) is 11.9 Å². The van der Waals surface area contributed by atoms with Gasteiger partial charge < -0.3 is 20.9 Å². The van der Waals surface area contributed by atoms with Crippen molar-refractivity contribution >= 4 is 11.6 Å². The zero-order chi connectivity index (χ0) is 15.2. The van der Waals surface area contributed by atoms with Crippen molar-refractivity contribution in [2.24, 2.45) is 5.73 Å². The summed E-state index contributed by atoms with van der Waals surface area (Å²) in [4.78, 5) is 10.6. The first kappa shape index (κ1) is 14.7. The molecule has 110 valence electrons. The smallest absolute Gasteiger partial charge is 0.255 e. The van der Waals surface area contributed by atoms with Crippen LogP contribution in [-0.4, -0.2) is 17.6 Å². The number of phenolic OH excluding ortho intramolecular Hbond substituents is 1. The number of carbonyl (C=O) groups excluding carboxylic acids is 1. The van der Waals surface area contributed by atoms with Gasteiger partial charge in [0.1, 0.15) is 11.5 Å². The van der Waals surface area contributed by atoms with E-state index in [2.05, 4.69) is 5.32 Å². The van der Waals surface area contributed by atoms with Gasteiger partial charge in [-0.25, -0.2) is 0 Å². The number of phenols is 1. The molecule has 0 heterocycles. The lowest BCUT2D eigenvalue weighted by molar-refractivity contribution is -0.119. The number of ether oxygens (including phenoxy) is 1. The topological polar surface area (TPSA) is 84.6 Å². The van der Waals surface area contributed by atoms with E-state index in [0.29, 0.717) is 5.75 Å². The SMILES string of the molecule is CC(Nc1ccc(OCC(N)=O)cc1)c1ccccc1O. The highest BCUT2D eigenvalue weighted by molar-refractivity contribution is 5.75. The van der Waals surface area contributed by atoms with E-state index >= 15 is 0 Å². The first-order valence-corrected chi connectivity index (χ1v) is 6.62. The number of amides is 1. The number of primary amides is 1. The van der Waals surface area contributed by atoms with Crippen LogP contribution in [-0.2, 0) is 4.79 Å². The van der Waals surface area contributed by atoms with Crippen LogP contribution in [0.25, 0.3) is 0 Å². The molecule has 1 atom stereocenters. The highest BCUT2D eigenvalue weighted by Gasteiger charge is 2.09. The van der Waals surface area contributed by atoms with E-state index in [0.717, 1.165) is 11.3 Å². The maximum atomic E-state index is 10.6. The van der Waals surface area contributed by atoms with E-state index in [1.54, 1.807) is 24.3 Å². The molecule has 4 N–H and O–H groups in total. The Morgan fingerprint density at radius 1 is 1.24 bits per heavy atom. The van der Waals surface area contributed by atoms with E-state index in [4.69, 9.17) is 10.5 Å². The summed E-state index contributed by atoms with van der Waals surface area (Å²) in [5.74, 6) is 0.332. The molecule has 1 amide bonds. The Morgan fingerprint density at radius 3 is 2.52 bits per heavy atom. The number of para-hydroxylation sites is 1. The summed E-state index contributed by atoms with van der Waals surface area (Å²) in [5, 5.41) is 13.1. The van der Waals surface area contributed by atoms with E-state index < -0.39 is 5.91 Å². The van der Waals surface area contributed by atoms with Gasteiger partial charge in [0.05, 0.1) is 6.04 Å². The van der Waals surface area contributed by atoms with Gasteiger partial charge in [-0.3, -0.25) is 4.79 Å². The van der Waals surface area contributed by atoms with Crippen molar-refractivity contribution in [3.05, 3.63) is 54.1 Å². The molecule has 2 aromatic rings. The number of nitrogens with two attached hydrogens (primary N) is 1. The lowest BCUT2D eigenvalue weighted by Crippen LogP contribution is -2.19. The third-order valence-electron chi connectivity index (χ3n) is 3.02. The molecule has 21 heavy (non-hydrogen) atoms. The molecule has 0 saturated carbocycles. The van der Waals surface area contributed by atoms with Crippen molar-refractivity contribution in [1.29, 1.82) is 0 Å². The van der Waals surface area contributed by atoms with Crippen LogP contribution in [0.4, 0.5) is 5.69 Å². The molecule has 0 saturated heterocycles. The molecule has 5 heteroatoms. The average Bonchev–Trinajstić information content (AvgIpc) is 2.47. The minimum absolute atomic E-state index is 0.0383. The van der Waals surface area contributed by atoms with Crippen LogP contribution >= 0.6 is 0 Å². The van der Waals surface area contributed by atoms with Gasteiger partial charge in [-0.15, -0.1) is 0 Å². The van der Waals surface area contributed by atoms with Crippen LogP contribution in [0, 0.1) is 0 Å². The maximum Gasteiger partial charge on any atom is 0.255 e. The van der Waals surface area contributed by atoms with Gasteiger partial charge in [0.15, 0.2) is 6.61 Å². The lowest BCUT2D eigenvalue weighted by atomic mass is 10.1. The van der Waals surface area contributed by atoms with Crippen LogP contribution in [0.2, 0.25) is 0 Å². The van der Waals surface area contributed by atoms with Crippen LogP contribution in [0.5, 0.6) is 11.5 Å². The van der Waals surface area contributed by atoms with Gasteiger partial charge in [-0.1, -0.05) is 18.2 Å². The molecule has 5 nitrogen and oxygen atoms in total. The normalized spacial score (nSPS) is 11.7. The summed E-state index contributed by atoms with van der Waals surface area (Å²) in [7, 11) is 0. The number of hydrogen-bond acceptors (Lipinski definition) is 4. The number of aromatic hydroxyl groups is 1. The molecule has 0 aromatic heterocycles. The molecular formula is C16H18N2O3. The molecular weight excluding hydrogens is 268 g/mol. The molecule has 2 aromatic carbocycles. The largest absolute Gasteiger partial charge is 0.508 e. The van der Waals surface area contributed by atoms with Crippen LogP contribution < -0.4 is 15.8 Å². The monoisotopic (exact) mass is 286 g/mol. The molecule has 0 spiro atoms. The number of hydrogen-bond donors (Lipinski definition) is 3. The van der Waals surface area contributed by atoms with Crippen LogP contribution in [0.3, 0.4) is 0 Å². The van der Waals surface area contributed by atoms with Gasteiger partial charge >= 0.3 is 0 Å². The molecule has 2 rings (SSSR count). The second kappa shape index (κ2) is 6.65.